The Bertz CT molecular complexity index is 457. The molecule has 0 aliphatic carbocycles. The maximum absolute atomic E-state index is 11.2. The summed E-state index contributed by atoms with van der Waals surface area (Å²) in [5.41, 5.74) is 3.80. The van der Waals surface area contributed by atoms with Gasteiger partial charge in [-0.25, -0.2) is 0 Å². The molecule has 0 radical (unpaired) electrons. The molecule has 1 N–H and O–H groups in total. The van der Waals surface area contributed by atoms with E-state index in [1.165, 1.54) is 16.7 Å². The molecule has 3 nitrogen and oxygen atoms in total. The lowest BCUT2D eigenvalue weighted by Crippen LogP contribution is -2.39. The zero-order valence-electron chi connectivity index (χ0n) is 13.9. The Labute approximate surface area is 129 Å². The zero-order chi connectivity index (χ0) is 15.8. The van der Waals surface area contributed by atoms with E-state index in [-0.39, 0.29) is 12.5 Å². The summed E-state index contributed by atoms with van der Waals surface area (Å²) in [5, 5.41) is 9.20. The highest BCUT2D eigenvalue weighted by Crippen LogP contribution is 2.16. The van der Waals surface area contributed by atoms with Gasteiger partial charge in [-0.1, -0.05) is 38.5 Å². The van der Waals surface area contributed by atoms with Crippen molar-refractivity contribution in [3.8, 4) is 0 Å². The Morgan fingerprint density at radius 1 is 1.24 bits per heavy atom. The smallest absolute Gasteiger partial charge is 0.304 e. The second-order valence-electron chi connectivity index (χ2n) is 5.86. The van der Waals surface area contributed by atoms with Crippen LogP contribution in [0.1, 0.15) is 49.8 Å². The van der Waals surface area contributed by atoms with Gasteiger partial charge in [-0.3, -0.25) is 9.69 Å². The van der Waals surface area contributed by atoms with Crippen LogP contribution in [0, 0.1) is 13.8 Å². The molecule has 0 aliphatic rings. The number of aryl methyl sites for hydroxylation is 2. The van der Waals surface area contributed by atoms with E-state index in [1.54, 1.807) is 0 Å². The first kappa shape index (κ1) is 17.7. The van der Waals surface area contributed by atoms with Gasteiger partial charge in [0.15, 0.2) is 0 Å². The fourth-order valence-electron chi connectivity index (χ4n) is 2.69. The standard InChI is InChI=1S/C18H29NO2/c1-5-7-10-19(6-2)17(13-18(20)21)12-16-9-8-14(3)15(4)11-16/h8-9,11,17H,5-7,10,12-13H2,1-4H3,(H,20,21). The maximum Gasteiger partial charge on any atom is 0.304 e. The van der Waals surface area contributed by atoms with Crippen molar-refractivity contribution in [1.82, 2.24) is 4.90 Å². The van der Waals surface area contributed by atoms with Gasteiger partial charge in [0.1, 0.15) is 0 Å². The molecule has 1 aromatic carbocycles. The van der Waals surface area contributed by atoms with Crippen LogP contribution in [0.4, 0.5) is 0 Å². The molecule has 0 fully saturated rings. The first-order valence-corrected chi connectivity index (χ1v) is 7.99. The summed E-state index contributed by atoms with van der Waals surface area (Å²) < 4.78 is 0. The minimum atomic E-state index is -0.709. The van der Waals surface area contributed by atoms with Crippen LogP contribution in [0.25, 0.3) is 0 Å². The quantitative estimate of drug-likeness (QED) is 0.752. The number of benzene rings is 1. The van der Waals surface area contributed by atoms with E-state index in [0.29, 0.717) is 0 Å². The van der Waals surface area contributed by atoms with Crippen molar-refractivity contribution in [2.24, 2.45) is 0 Å². The van der Waals surface area contributed by atoms with Crippen molar-refractivity contribution in [3.63, 3.8) is 0 Å². The fraction of sp³-hybridized carbons (Fsp3) is 0.611. The number of nitrogens with zero attached hydrogens (tertiary/aromatic N) is 1. The van der Waals surface area contributed by atoms with Gasteiger partial charge in [0.2, 0.25) is 0 Å². The van der Waals surface area contributed by atoms with Gasteiger partial charge in [0, 0.05) is 6.04 Å². The molecule has 0 saturated heterocycles. The summed E-state index contributed by atoms with van der Waals surface area (Å²) in [6.07, 6.45) is 3.28. The minimum Gasteiger partial charge on any atom is -0.481 e. The summed E-state index contributed by atoms with van der Waals surface area (Å²) in [6, 6.07) is 6.54. The highest BCUT2D eigenvalue weighted by atomic mass is 16.4. The normalized spacial score (nSPS) is 12.6. The number of unbranched alkanes of at least 4 members (excludes halogenated alkanes) is 1. The lowest BCUT2D eigenvalue weighted by atomic mass is 9.98. The molecule has 118 valence electrons. The third-order valence-electron chi connectivity index (χ3n) is 4.17. The van der Waals surface area contributed by atoms with Gasteiger partial charge < -0.3 is 5.11 Å². The van der Waals surface area contributed by atoms with Gasteiger partial charge in [0.25, 0.3) is 0 Å². The van der Waals surface area contributed by atoms with E-state index >= 15 is 0 Å². The second-order valence-corrected chi connectivity index (χ2v) is 5.86. The van der Waals surface area contributed by atoms with Crippen LogP contribution < -0.4 is 0 Å². The number of hydrogen-bond acceptors (Lipinski definition) is 2. The van der Waals surface area contributed by atoms with Crippen molar-refractivity contribution in [3.05, 3.63) is 34.9 Å². The molecule has 1 unspecified atom stereocenters. The number of carbonyl (C=O) groups is 1. The molecular formula is C18H29NO2. The fourth-order valence-corrected chi connectivity index (χ4v) is 2.69. The van der Waals surface area contributed by atoms with E-state index in [9.17, 15) is 9.90 Å². The maximum atomic E-state index is 11.2. The van der Waals surface area contributed by atoms with Crippen molar-refractivity contribution in [2.45, 2.75) is 59.4 Å². The van der Waals surface area contributed by atoms with Crippen LogP contribution in [0.15, 0.2) is 18.2 Å². The lowest BCUT2D eigenvalue weighted by molar-refractivity contribution is -0.138. The van der Waals surface area contributed by atoms with Crippen LogP contribution in [-0.4, -0.2) is 35.1 Å². The Balaban J connectivity index is 2.84. The van der Waals surface area contributed by atoms with E-state index in [2.05, 4.69) is 50.8 Å². The molecule has 0 heterocycles. The van der Waals surface area contributed by atoms with Crippen LogP contribution in [-0.2, 0) is 11.2 Å². The predicted octanol–water partition coefficient (Wildman–Crippen LogP) is 3.81. The van der Waals surface area contributed by atoms with Crippen molar-refractivity contribution in [2.75, 3.05) is 13.1 Å². The lowest BCUT2D eigenvalue weighted by Gasteiger charge is -2.30. The van der Waals surface area contributed by atoms with E-state index in [0.717, 1.165) is 32.4 Å². The third kappa shape index (κ3) is 5.88. The number of carboxylic acid groups (broad SMARTS) is 1. The Morgan fingerprint density at radius 3 is 2.48 bits per heavy atom. The third-order valence-corrected chi connectivity index (χ3v) is 4.17. The van der Waals surface area contributed by atoms with E-state index in [4.69, 9.17) is 0 Å². The SMILES string of the molecule is CCCCN(CC)C(CC(=O)O)Cc1ccc(C)c(C)c1. The Morgan fingerprint density at radius 2 is 1.95 bits per heavy atom. The van der Waals surface area contributed by atoms with Crippen molar-refractivity contribution < 1.29 is 9.90 Å². The first-order chi connectivity index (χ1) is 9.97. The van der Waals surface area contributed by atoms with E-state index in [1.807, 2.05) is 0 Å². The van der Waals surface area contributed by atoms with Gasteiger partial charge >= 0.3 is 5.97 Å². The van der Waals surface area contributed by atoms with Crippen LogP contribution in [0.2, 0.25) is 0 Å². The summed E-state index contributed by atoms with van der Waals surface area (Å²) in [4.78, 5) is 13.5. The summed E-state index contributed by atoms with van der Waals surface area (Å²) >= 11 is 0. The molecule has 0 aliphatic heterocycles. The van der Waals surface area contributed by atoms with Crippen LogP contribution in [0.3, 0.4) is 0 Å². The molecule has 1 aromatic rings. The van der Waals surface area contributed by atoms with Gasteiger partial charge in [-0.2, -0.15) is 0 Å². The molecule has 0 saturated carbocycles. The van der Waals surface area contributed by atoms with Crippen LogP contribution in [0.5, 0.6) is 0 Å². The number of hydrogen-bond donors (Lipinski definition) is 1. The Kier molecular flexibility index (Phi) is 7.44. The zero-order valence-corrected chi connectivity index (χ0v) is 13.9. The molecule has 21 heavy (non-hydrogen) atoms. The summed E-state index contributed by atoms with van der Waals surface area (Å²) in [5.74, 6) is -0.709. The molecule has 3 heteroatoms. The number of likely N-dealkylation sites (N-methyl/N-ethyl adjacent to an activating group) is 1. The predicted molar refractivity (Wildman–Crippen MR) is 87.8 cm³/mol. The Hall–Kier alpha value is -1.35. The number of carboxylic acids is 1. The van der Waals surface area contributed by atoms with Crippen molar-refractivity contribution >= 4 is 5.97 Å². The van der Waals surface area contributed by atoms with Gasteiger partial charge in [-0.05, 0) is 56.5 Å². The topological polar surface area (TPSA) is 40.5 Å². The van der Waals surface area contributed by atoms with Gasteiger partial charge in [0.05, 0.1) is 6.42 Å². The molecule has 0 amide bonds. The largest absolute Gasteiger partial charge is 0.481 e. The molecule has 0 bridgehead atoms. The van der Waals surface area contributed by atoms with E-state index < -0.39 is 5.97 Å². The molecule has 0 aromatic heterocycles. The molecule has 0 spiro atoms. The highest BCUT2D eigenvalue weighted by Gasteiger charge is 2.20. The first-order valence-electron chi connectivity index (χ1n) is 7.99. The van der Waals surface area contributed by atoms with Crippen molar-refractivity contribution in [1.29, 1.82) is 0 Å². The highest BCUT2D eigenvalue weighted by molar-refractivity contribution is 5.67. The molecule has 1 atom stereocenters. The van der Waals surface area contributed by atoms with Gasteiger partial charge in [-0.15, -0.1) is 0 Å². The number of aliphatic carboxylic acids is 1. The second kappa shape index (κ2) is 8.83. The van der Waals surface area contributed by atoms with Crippen LogP contribution >= 0.6 is 0 Å². The summed E-state index contributed by atoms with van der Waals surface area (Å²) in [6.45, 7) is 10.4. The number of rotatable bonds is 9. The summed E-state index contributed by atoms with van der Waals surface area (Å²) in [7, 11) is 0. The molecule has 1 rings (SSSR count). The minimum absolute atomic E-state index is 0.0844. The monoisotopic (exact) mass is 291 g/mol. The molecular weight excluding hydrogens is 262 g/mol. The average Bonchev–Trinajstić information content (AvgIpc) is 2.43. The average molecular weight is 291 g/mol.